The summed E-state index contributed by atoms with van der Waals surface area (Å²) in [6.07, 6.45) is 40.3. The first-order valence-corrected chi connectivity index (χ1v) is 26.6. The Bertz CT molecular complexity index is 3160. The Morgan fingerprint density at radius 2 is 1.30 bits per heavy atom. The summed E-state index contributed by atoms with van der Waals surface area (Å²) in [4.78, 5) is 7.47. The van der Waals surface area contributed by atoms with E-state index < -0.39 is 0 Å². The molecule has 0 amide bonds. The fourth-order valence-corrected chi connectivity index (χ4v) is 10.5. The number of rotatable bonds is 7. The lowest BCUT2D eigenvalue weighted by Gasteiger charge is -2.34. The van der Waals surface area contributed by atoms with Gasteiger partial charge in [0.25, 0.3) is 0 Å². The quantitative estimate of drug-likeness (QED) is 0.117. The summed E-state index contributed by atoms with van der Waals surface area (Å²) < 4.78 is 0. The molecular weight excluding hydrogens is 857 g/mol. The molecule has 4 unspecified atom stereocenters. The van der Waals surface area contributed by atoms with Crippen LogP contribution in [0.4, 0.5) is 5.69 Å². The minimum Gasteiger partial charge on any atom is -0.333 e. The molecule has 1 aliphatic heterocycles. The van der Waals surface area contributed by atoms with Crippen molar-refractivity contribution in [1.82, 2.24) is 4.98 Å². The monoisotopic (exact) mass is 933 g/mol. The molecule has 0 fully saturated rings. The Morgan fingerprint density at radius 3 is 1.92 bits per heavy atom. The second-order valence-corrected chi connectivity index (χ2v) is 18.5. The molecule has 3 aliphatic carbocycles. The highest BCUT2D eigenvalue weighted by Crippen LogP contribution is 2.46. The molecule has 4 aliphatic rings. The molecule has 7 aromatic rings. The van der Waals surface area contributed by atoms with Crippen LogP contribution in [-0.2, 0) is 0 Å². The SMILES string of the molecule is C/C=C(\CCC)c1cc2c3c(cncc3c1)N(C1=CCCC(c3cccc(-c4ccc5c6ccccc6c6ccccc6c5c4)c3)=C1)C1C=CC=CC2C1.C=C/C=C\C.CC.CC.CC1C=CC=CC1C. The van der Waals surface area contributed by atoms with Crippen LogP contribution >= 0.6 is 0 Å². The van der Waals surface area contributed by atoms with Crippen molar-refractivity contribution < 1.29 is 0 Å². The molecule has 2 bridgehead atoms. The first-order valence-electron chi connectivity index (χ1n) is 26.6. The van der Waals surface area contributed by atoms with Gasteiger partial charge in [0.15, 0.2) is 0 Å². The molecular formula is C69H76N2. The molecule has 0 spiro atoms. The van der Waals surface area contributed by atoms with E-state index in [9.17, 15) is 0 Å². The highest BCUT2D eigenvalue weighted by atomic mass is 15.2. The van der Waals surface area contributed by atoms with Gasteiger partial charge in [0.05, 0.1) is 17.9 Å². The van der Waals surface area contributed by atoms with E-state index in [0.29, 0.717) is 5.92 Å². The predicted molar refractivity (Wildman–Crippen MR) is 316 cm³/mol. The first kappa shape index (κ1) is 51.8. The van der Waals surface area contributed by atoms with Gasteiger partial charge in [-0.05, 0) is 147 Å². The molecule has 2 nitrogen and oxygen atoms in total. The third-order valence-electron chi connectivity index (χ3n) is 14.2. The number of hydrogen-bond acceptors (Lipinski definition) is 2. The van der Waals surface area contributed by atoms with E-state index in [1.165, 1.54) is 93.4 Å². The molecule has 0 saturated carbocycles. The second kappa shape index (κ2) is 25.2. The summed E-state index contributed by atoms with van der Waals surface area (Å²) in [5.41, 5.74) is 11.8. The molecule has 11 rings (SSSR count). The van der Waals surface area contributed by atoms with Crippen molar-refractivity contribution >= 4 is 59.9 Å². The van der Waals surface area contributed by atoms with E-state index >= 15 is 0 Å². The molecule has 0 N–H and O–H groups in total. The Kier molecular flexibility index (Phi) is 18.4. The molecule has 0 radical (unpaired) electrons. The van der Waals surface area contributed by atoms with Crippen LogP contribution in [0.1, 0.15) is 117 Å². The van der Waals surface area contributed by atoms with Crippen molar-refractivity contribution in [1.29, 1.82) is 0 Å². The molecule has 6 aromatic carbocycles. The van der Waals surface area contributed by atoms with Crippen LogP contribution in [0.25, 0.3) is 65.4 Å². The normalized spacial score (nSPS) is 18.7. The average Bonchev–Trinajstić information content (AvgIpc) is 3.75. The van der Waals surface area contributed by atoms with E-state index in [0.717, 1.165) is 43.9 Å². The minimum atomic E-state index is 0.224. The molecule has 0 saturated heterocycles. The minimum absolute atomic E-state index is 0.224. The number of allylic oxidation sites excluding steroid dienone is 15. The van der Waals surface area contributed by atoms with E-state index in [4.69, 9.17) is 4.98 Å². The van der Waals surface area contributed by atoms with E-state index in [1.807, 2.05) is 46.8 Å². The lowest BCUT2D eigenvalue weighted by molar-refractivity contribution is 0.552. The van der Waals surface area contributed by atoms with E-state index in [2.05, 4.69) is 222 Å². The molecule has 1 aromatic heterocycles. The number of anilines is 1. The maximum atomic E-state index is 4.88. The molecule has 4 atom stereocenters. The van der Waals surface area contributed by atoms with Crippen molar-refractivity contribution in [2.75, 3.05) is 4.90 Å². The van der Waals surface area contributed by atoms with Crippen LogP contribution in [0.3, 0.4) is 0 Å². The van der Waals surface area contributed by atoms with Crippen molar-refractivity contribution in [3.8, 4) is 11.1 Å². The number of benzene rings is 6. The number of hydrogen-bond donors (Lipinski definition) is 0. The van der Waals surface area contributed by atoms with E-state index in [-0.39, 0.29) is 6.04 Å². The van der Waals surface area contributed by atoms with E-state index in [1.54, 1.807) is 6.08 Å². The van der Waals surface area contributed by atoms with Crippen LogP contribution in [-0.4, -0.2) is 11.0 Å². The van der Waals surface area contributed by atoms with Gasteiger partial charge in [-0.3, -0.25) is 4.98 Å². The average molecular weight is 933 g/mol. The lowest BCUT2D eigenvalue weighted by Crippen LogP contribution is -2.33. The fraction of sp³-hybridized carbons (Fsp3) is 0.261. The maximum absolute atomic E-state index is 4.88. The van der Waals surface area contributed by atoms with Crippen molar-refractivity contribution in [2.45, 2.75) is 106 Å². The highest BCUT2D eigenvalue weighted by molar-refractivity contribution is 6.25. The van der Waals surface area contributed by atoms with Crippen LogP contribution in [0.15, 0.2) is 213 Å². The zero-order valence-corrected chi connectivity index (χ0v) is 44.0. The van der Waals surface area contributed by atoms with Gasteiger partial charge in [0.2, 0.25) is 0 Å². The van der Waals surface area contributed by atoms with Gasteiger partial charge in [-0.15, -0.1) is 0 Å². The Morgan fingerprint density at radius 1 is 0.676 bits per heavy atom. The van der Waals surface area contributed by atoms with Gasteiger partial charge in [0, 0.05) is 28.6 Å². The third-order valence-corrected chi connectivity index (χ3v) is 14.2. The molecule has 71 heavy (non-hydrogen) atoms. The summed E-state index contributed by atoms with van der Waals surface area (Å²) in [6.45, 7) is 22.3. The summed E-state index contributed by atoms with van der Waals surface area (Å²) in [7, 11) is 0. The van der Waals surface area contributed by atoms with Gasteiger partial charge in [-0.25, -0.2) is 0 Å². The number of fused-ring (bicyclic) bond motifs is 9. The Hall–Kier alpha value is -7.03. The van der Waals surface area contributed by atoms with Gasteiger partial charge < -0.3 is 4.90 Å². The van der Waals surface area contributed by atoms with Crippen LogP contribution in [0.2, 0.25) is 0 Å². The van der Waals surface area contributed by atoms with Crippen LogP contribution in [0, 0.1) is 11.8 Å². The van der Waals surface area contributed by atoms with Crippen molar-refractivity contribution in [2.24, 2.45) is 11.8 Å². The van der Waals surface area contributed by atoms with Crippen molar-refractivity contribution in [3.63, 3.8) is 0 Å². The molecule has 362 valence electrons. The molecule has 2 heteroatoms. The predicted octanol–water partition coefficient (Wildman–Crippen LogP) is 20.3. The maximum Gasteiger partial charge on any atom is 0.0685 e. The zero-order valence-electron chi connectivity index (χ0n) is 44.0. The third kappa shape index (κ3) is 11.5. The summed E-state index contributed by atoms with van der Waals surface area (Å²) in [6, 6.07) is 39.0. The summed E-state index contributed by atoms with van der Waals surface area (Å²) in [5.74, 6) is 1.81. The van der Waals surface area contributed by atoms with Gasteiger partial charge in [-0.1, -0.05) is 225 Å². The van der Waals surface area contributed by atoms with Crippen LogP contribution < -0.4 is 4.90 Å². The van der Waals surface area contributed by atoms with Gasteiger partial charge in [0.1, 0.15) is 0 Å². The Labute approximate surface area is 426 Å². The topological polar surface area (TPSA) is 16.1 Å². The summed E-state index contributed by atoms with van der Waals surface area (Å²) in [5, 5.41) is 10.4. The largest absolute Gasteiger partial charge is 0.333 e. The van der Waals surface area contributed by atoms with Gasteiger partial charge in [-0.2, -0.15) is 0 Å². The summed E-state index contributed by atoms with van der Waals surface area (Å²) >= 11 is 0. The molecule has 2 heterocycles. The fourth-order valence-electron chi connectivity index (χ4n) is 10.5. The second-order valence-electron chi connectivity index (χ2n) is 18.5. The number of nitrogens with zero attached hydrogens (tertiary/aromatic N) is 2. The Balaban J connectivity index is 0.000000378. The zero-order chi connectivity index (χ0) is 50.3. The van der Waals surface area contributed by atoms with Crippen LogP contribution in [0.5, 0.6) is 0 Å². The number of aromatic nitrogens is 1. The highest BCUT2D eigenvalue weighted by Gasteiger charge is 2.32. The van der Waals surface area contributed by atoms with Crippen molar-refractivity contribution in [3.05, 3.63) is 230 Å². The smallest absolute Gasteiger partial charge is 0.0685 e. The van der Waals surface area contributed by atoms with Gasteiger partial charge >= 0.3 is 0 Å². The number of pyridine rings is 1. The lowest BCUT2D eigenvalue weighted by atomic mass is 9.87. The standard InChI is InChI=1S/C52H44N2.C8H12.C5H8.2C2H6/c1-3-13-34(4-2)40-27-41-32-53-33-51-52(41)49(31-40)39-14-5-6-18-42(29-39)54(51)43-19-12-17-37(28-43)35-15-11-16-36(26-35)38-24-25-48-46-22-8-7-20-44(46)45-21-9-10-23-47(45)50(48)30-38;1-7-5-3-4-6-8(7)2;1-3-5-4-2;2*1-2/h4-11,14-16,18-28,30-33,39,42H,3,12-13,17,29H2,1-2H3;3-8H,1-2H3;3-5H,1H2,2H3;2*1-2H3/b34-4+;;5-4-;;. The first-order chi connectivity index (χ1) is 34.9.